The number of aryl methyl sites for hydroxylation is 1. The highest BCUT2D eigenvalue weighted by atomic mass is 32.2. The number of ketones is 1. The van der Waals surface area contributed by atoms with E-state index in [0.29, 0.717) is 16.4 Å². The number of carbonyl (C=O) groups is 2. The Kier molecular flexibility index (Phi) is 5.32. The number of methoxy groups -OCH3 is 1. The summed E-state index contributed by atoms with van der Waals surface area (Å²) in [5, 5.41) is 8.68. The molecule has 0 saturated carbocycles. The van der Waals surface area contributed by atoms with Crippen LogP contribution in [0.15, 0.2) is 46.2 Å². The molecule has 1 heterocycles. The molecule has 6 heteroatoms. The van der Waals surface area contributed by atoms with Crippen LogP contribution in [0, 0.1) is 6.92 Å². The number of thioether (sulfide) groups is 1. The minimum absolute atomic E-state index is 0.0192. The Labute approximate surface area is 155 Å². The first-order valence-electron chi connectivity index (χ1n) is 8.05. The number of carbonyl (C=O) groups excluding carboxylic acids is 1. The lowest BCUT2D eigenvalue weighted by Crippen LogP contribution is -2.05. The average molecular weight is 370 g/mol. The molecule has 0 aromatic heterocycles. The number of carboxylic acids is 1. The van der Waals surface area contributed by atoms with Crippen molar-refractivity contribution in [3.8, 4) is 11.5 Å². The van der Waals surface area contributed by atoms with E-state index in [9.17, 15) is 9.59 Å². The maximum Gasteiger partial charge on any atom is 0.306 e. The van der Waals surface area contributed by atoms with Gasteiger partial charge in [-0.05, 0) is 48.4 Å². The number of rotatable bonds is 6. The van der Waals surface area contributed by atoms with E-state index in [0.717, 1.165) is 21.6 Å². The molecule has 0 atom stereocenters. The normalized spacial score (nSPS) is 14.4. The maximum absolute atomic E-state index is 12.5. The molecule has 1 aliphatic rings. The third kappa shape index (κ3) is 3.91. The third-order valence-corrected chi connectivity index (χ3v) is 4.97. The highest BCUT2D eigenvalue weighted by molar-refractivity contribution is 8.04. The standard InChI is InChI=1S/C20H18O5S/c1-12-3-5-14-17(9-12)26-18(20(14)23)11-13-4-6-15(16(10-13)24-2)25-8-7-19(21)22/h3-6,9-11H,7-8H2,1-2H3,(H,21,22)/b18-11-. The lowest BCUT2D eigenvalue weighted by Gasteiger charge is -2.10. The number of fused-ring (bicyclic) bond motifs is 1. The second-order valence-corrected chi connectivity index (χ2v) is 6.93. The quantitative estimate of drug-likeness (QED) is 0.769. The van der Waals surface area contributed by atoms with Crippen LogP contribution in [0.5, 0.6) is 11.5 Å². The maximum atomic E-state index is 12.5. The van der Waals surface area contributed by atoms with Gasteiger partial charge in [0.1, 0.15) is 0 Å². The second-order valence-electron chi connectivity index (χ2n) is 5.84. The molecule has 0 saturated heterocycles. The highest BCUT2D eigenvalue weighted by Crippen LogP contribution is 2.41. The van der Waals surface area contributed by atoms with Crippen molar-refractivity contribution >= 4 is 29.6 Å². The molecule has 0 aliphatic carbocycles. The summed E-state index contributed by atoms with van der Waals surface area (Å²) >= 11 is 1.46. The molecule has 1 aliphatic heterocycles. The van der Waals surface area contributed by atoms with Gasteiger partial charge in [-0.2, -0.15) is 0 Å². The SMILES string of the molecule is COc1cc(/C=C2\Sc3cc(C)ccc3C2=O)ccc1OCCC(=O)O. The summed E-state index contributed by atoms with van der Waals surface area (Å²) in [4.78, 5) is 24.8. The molecule has 3 rings (SSSR count). The number of benzene rings is 2. The molecule has 26 heavy (non-hydrogen) atoms. The Balaban J connectivity index is 1.81. The molecular weight excluding hydrogens is 352 g/mol. The van der Waals surface area contributed by atoms with Crippen LogP contribution in [-0.4, -0.2) is 30.6 Å². The van der Waals surface area contributed by atoms with E-state index in [2.05, 4.69) is 0 Å². The zero-order valence-electron chi connectivity index (χ0n) is 14.4. The molecule has 0 fully saturated rings. The molecule has 0 bridgehead atoms. The first-order valence-corrected chi connectivity index (χ1v) is 8.87. The van der Waals surface area contributed by atoms with Crippen LogP contribution in [0.3, 0.4) is 0 Å². The van der Waals surface area contributed by atoms with Gasteiger partial charge in [-0.3, -0.25) is 9.59 Å². The van der Waals surface area contributed by atoms with E-state index >= 15 is 0 Å². The van der Waals surface area contributed by atoms with Crippen LogP contribution in [0.25, 0.3) is 6.08 Å². The number of carboxylic acid groups (broad SMARTS) is 1. The second kappa shape index (κ2) is 7.66. The van der Waals surface area contributed by atoms with Crippen molar-refractivity contribution in [2.75, 3.05) is 13.7 Å². The van der Waals surface area contributed by atoms with Crippen molar-refractivity contribution in [2.24, 2.45) is 0 Å². The Bertz CT molecular complexity index is 901. The van der Waals surface area contributed by atoms with Gasteiger partial charge in [0.15, 0.2) is 11.5 Å². The number of aliphatic carboxylic acids is 1. The minimum atomic E-state index is -0.920. The van der Waals surface area contributed by atoms with Gasteiger partial charge in [-0.25, -0.2) is 0 Å². The molecule has 2 aromatic carbocycles. The van der Waals surface area contributed by atoms with Gasteiger partial charge in [0, 0.05) is 10.5 Å². The summed E-state index contributed by atoms with van der Waals surface area (Å²) < 4.78 is 10.8. The highest BCUT2D eigenvalue weighted by Gasteiger charge is 2.25. The van der Waals surface area contributed by atoms with E-state index in [1.807, 2.05) is 37.3 Å². The average Bonchev–Trinajstić information content (AvgIpc) is 2.90. The van der Waals surface area contributed by atoms with Crippen LogP contribution < -0.4 is 9.47 Å². The predicted octanol–water partition coefficient (Wildman–Crippen LogP) is 4.19. The van der Waals surface area contributed by atoms with E-state index in [4.69, 9.17) is 14.6 Å². The lowest BCUT2D eigenvalue weighted by molar-refractivity contribution is -0.137. The largest absolute Gasteiger partial charge is 0.493 e. The fraction of sp³-hybridized carbons (Fsp3) is 0.200. The van der Waals surface area contributed by atoms with Crippen LogP contribution in [0.1, 0.15) is 27.9 Å². The monoisotopic (exact) mass is 370 g/mol. The molecule has 0 spiro atoms. The molecule has 134 valence electrons. The van der Waals surface area contributed by atoms with Crippen molar-refractivity contribution in [1.29, 1.82) is 0 Å². The summed E-state index contributed by atoms with van der Waals surface area (Å²) in [7, 11) is 1.52. The molecule has 1 N–H and O–H groups in total. The first-order chi connectivity index (χ1) is 12.5. The minimum Gasteiger partial charge on any atom is -0.493 e. The van der Waals surface area contributed by atoms with Crippen LogP contribution in [0.4, 0.5) is 0 Å². The number of allylic oxidation sites excluding steroid dienone is 1. The van der Waals surface area contributed by atoms with Gasteiger partial charge in [0.25, 0.3) is 0 Å². The zero-order valence-corrected chi connectivity index (χ0v) is 15.3. The van der Waals surface area contributed by atoms with Crippen molar-refractivity contribution < 1.29 is 24.2 Å². The number of Topliss-reactive ketones (excluding diaryl/α,β-unsaturated/α-hetero) is 1. The molecule has 0 radical (unpaired) electrons. The van der Waals surface area contributed by atoms with E-state index in [-0.39, 0.29) is 18.8 Å². The van der Waals surface area contributed by atoms with Crippen molar-refractivity contribution in [2.45, 2.75) is 18.2 Å². The van der Waals surface area contributed by atoms with Gasteiger partial charge in [0.2, 0.25) is 5.78 Å². The third-order valence-electron chi connectivity index (χ3n) is 3.88. The lowest BCUT2D eigenvalue weighted by atomic mass is 10.1. The molecule has 5 nitrogen and oxygen atoms in total. The molecule has 2 aromatic rings. The summed E-state index contributed by atoms with van der Waals surface area (Å²) in [6.07, 6.45) is 1.74. The van der Waals surface area contributed by atoms with E-state index in [1.54, 1.807) is 12.1 Å². The van der Waals surface area contributed by atoms with Crippen molar-refractivity contribution in [1.82, 2.24) is 0 Å². The molecular formula is C20H18O5S. The summed E-state index contributed by atoms with van der Waals surface area (Å²) in [5.41, 5.74) is 2.66. The molecule has 0 amide bonds. The summed E-state index contributed by atoms with van der Waals surface area (Å²) in [5.74, 6) is 0.0661. The van der Waals surface area contributed by atoms with Gasteiger partial charge >= 0.3 is 5.97 Å². The zero-order chi connectivity index (χ0) is 18.7. The number of ether oxygens (including phenoxy) is 2. The fourth-order valence-corrected chi connectivity index (χ4v) is 3.74. The molecule has 0 unspecified atom stereocenters. The number of hydrogen-bond donors (Lipinski definition) is 1. The smallest absolute Gasteiger partial charge is 0.306 e. The summed E-state index contributed by atoms with van der Waals surface area (Å²) in [6.45, 7) is 2.07. The Morgan fingerprint density at radius 2 is 2.00 bits per heavy atom. The van der Waals surface area contributed by atoms with E-state index < -0.39 is 5.97 Å². The van der Waals surface area contributed by atoms with Gasteiger partial charge in [0.05, 0.1) is 25.0 Å². The van der Waals surface area contributed by atoms with Gasteiger partial charge in [-0.1, -0.05) is 23.9 Å². The van der Waals surface area contributed by atoms with E-state index in [1.165, 1.54) is 18.9 Å². The first kappa shape index (κ1) is 18.1. The Morgan fingerprint density at radius 1 is 1.19 bits per heavy atom. The van der Waals surface area contributed by atoms with Crippen LogP contribution >= 0.6 is 11.8 Å². The predicted molar refractivity (Wildman–Crippen MR) is 100 cm³/mol. The van der Waals surface area contributed by atoms with Crippen molar-refractivity contribution in [3.05, 3.63) is 58.0 Å². The topological polar surface area (TPSA) is 72.8 Å². The van der Waals surface area contributed by atoms with Crippen LogP contribution in [-0.2, 0) is 4.79 Å². The van der Waals surface area contributed by atoms with Crippen LogP contribution in [0.2, 0.25) is 0 Å². The fourth-order valence-electron chi connectivity index (χ4n) is 2.59. The number of hydrogen-bond acceptors (Lipinski definition) is 5. The van der Waals surface area contributed by atoms with Crippen molar-refractivity contribution in [3.63, 3.8) is 0 Å². The Hall–Kier alpha value is -2.73. The Morgan fingerprint density at radius 3 is 2.73 bits per heavy atom. The van der Waals surface area contributed by atoms with Gasteiger partial charge < -0.3 is 14.6 Å². The summed E-state index contributed by atoms with van der Waals surface area (Å²) in [6, 6.07) is 11.1. The van der Waals surface area contributed by atoms with Gasteiger partial charge in [-0.15, -0.1) is 0 Å².